The van der Waals surface area contributed by atoms with E-state index in [-0.39, 0.29) is 26.9 Å². The third-order valence-corrected chi connectivity index (χ3v) is 9.19. The topological polar surface area (TPSA) is 73.5 Å². The third kappa shape index (κ3) is 6.77. The van der Waals surface area contributed by atoms with Gasteiger partial charge in [-0.2, -0.15) is 0 Å². The highest BCUT2D eigenvalue weighted by Gasteiger charge is 2.60. The molecule has 10 heteroatoms. The van der Waals surface area contributed by atoms with Crippen molar-refractivity contribution in [1.82, 2.24) is 15.5 Å². The summed E-state index contributed by atoms with van der Waals surface area (Å²) >= 11 is 12.4. The second-order valence-electron chi connectivity index (χ2n) is 12.7. The Kier molecular flexibility index (Phi) is 10.6. The highest BCUT2D eigenvalue weighted by Crippen LogP contribution is 2.53. The van der Waals surface area contributed by atoms with Gasteiger partial charge in [-0.3, -0.25) is 4.79 Å². The molecule has 1 amide bonds. The molecule has 0 aliphatic carbocycles. The zero-order valence-corrected chi connectivity index (χ0v) is 26.3. The van der Waals surface area contributed by atoms with Crippen molar-refractivity contribution in [2.24, 2.45) is 5.41 Å². The maximum atomic E-state index is 15.9. The van der Waals surface area contributed by atoms with Crippen molar-refractivity contribution >= 4 is 41.1 Å². The number of hydrogen-bond donors (Lipinski definition) is 3. The predicted molar refractivity (Wildman–Crippen MR) is 166 cm³/mol. The van der Waals surface area contributed by atoms with Gasteiger partial charge in [0.25, 0.3) is 0 Å². The minimum absolute atomic E-state index is 0.115. The lowest BCUT2D eigenvalue weighted by atomic mass is 9.62. The van der Waals surface area contributed by atoms with Gasteiger partial charge < -0.3 is 25.6 Å². The van der Waals surface area contributed by atoms with E-state index in [0.717, 1.165) is 38.8 Å². The fourth-order valence-electron chi connectivity index (χ4n) is 6.68. The summed E-state index contributed by atoms with van der Waals surface area (Å²) in [5.74, 6) is -2.79. The van der Waals surface area contributed by atoms with E-state index in [1.165, 1.54) is 31.0 Å². The van der Waals surface area contributed by atoms with Crippen LogP contribution in [-0.4, -0.2) is 62.4 Å². The molecule has 2 aromatic carbocycles. The molecule has 2 heterocycles. The van der Waals surface area contributed by atoms with Gasteiger partial charge in [-0.1, -0.05) is 56.1 Å². The number of unbranched alkanes of at least 4 members (excludes halogenated alkanes) is 1. The Morgan fingerprint density at radius 1 is 1.14 bits per heavy atom. The SMILES string of the molecule is CNc1cc(Cl)c(F)cc1[C@]1(C=O)[C@@H](CC(C)(C)C)N[C@@H](C(=O)NCCCCN2CCCC2)[C@@H]1c1cccc(Cl)c1F. The van der Waals surface area contributed by atoms with Crippen molar-refractivity contribution in [3.63, 3.8) is 0 Å². The molecule has 0 spiro atoms. The van der Waals surface area contributed by atoms with Gasteiger partial charge in [0, 0.05) is 31.2 Å². The second kappa shape index (κ2) is 13.6. The molecule has 0 unspecified atom stereocenters. The largest absolute Gasteiger partial charge is 0.388 e. The zero-order chi connectivity index (χ0) is 30.7. The third-order valence-electron chi connectivity index (χ3n) is 8.61. The lowest BCUT2D eigenvalue weighted by molar-refractivity contribution is -0.123. The number of hydrogen-bond acceptors (Lipinski definition) is 5. The molecule has 0 saturated carbocycles. The Hall–Kier alpha value is -2.26. The van der Waals surface area contributed by atoms with Gasteiger partial charge in [-0.15, -0.1) is 0 Å². The summed E-state index contributed by atoms with van der Waals surface area (Å²) in [7, 11) is 1.65. The molecule has 4 rings (SSSR count). The fourth-order valence-corrected chi connectivity index (χ4v) is 7.03. The van der Waals surface area contributed by atoms with Crippen molar-refractivity contribution < 1.29 is 18.4 Å². The number of likely N-dealkylation sites (tertiary alicyclic amines) is 1. The molecule has 2 aromatic rings. The molecule has 2 aliphatic rings. The number of halogens is 4. The smallest absolute Gasteiger partial charge is 0.237 e. The van der Waals surface area contributed by atoms with E-state index in [1.54, 1.807) is 19.2 Å². The number of aldehydes is 1. The minimum atomic E-state index is -1.54. The van der Waals surface area contributed by atoms with Crippen LogP contribution in [-0.2, 0) is 15.0 Å². The summed E-state index contributed by atoms with van der Waals surface area (Å²) < 4.78 is 31.0. The molecule has 2 fully saturated rings. The summed E-state index contributed by atoms with van der Waals surface area (Å²) in [5, 5.41) is 9.24. The van der Waals surface area contributed by atoms with Crippen molar-refractivity contribution in [3.8, 4) is 0 Å². The van der Waals surface area contributed by atoms with Gasteiger partial charge in [0.2, 0.25) is 5.91 Å². The maximum absolute atomic E-state index is 15.9. The number of rotatable bonds is 11. The lowest BCUT2D eigenvalue weighted by Crippen LogP contribution is -2.47. The summed E-state index contributed by atoms with van der Waals surface area (Å²) in [6.45, 7) is 9.75. The quantitative estimate of drug-likeness (QED) is 0.202. The summed E-state index contributed by atoms with van der Waals surface area (Å²) in [4.78, 5) is 29.9. The normalized spacial score (nSPS) is 24.6. The Balaban J connectivity index is 1.78. The van der Waals surface area contributed by atoms with Crippen molar-refractivity contribution in [3.05, 3.63) is 63.1 Å². The Labute approximate surface area is 257 Å². The monoisotopic (exact) mass is 622 g/mol. The molecule has 2 aliphatic heterocycles. The maximum Gasteiger partial charge on any atom is 0.237 e. The number of amides is 1. The number of anilines is 1. The Morgan fingerprint density at radius 3 is 2.50 bits per heavy atom. The first-order chi connectivity index (χ1) is 19.9. The van der Waals surface area contributed by atoms with Crippen LogP contribution in [0.15, 0.2) is 30.3 Å². The van der Waals surface area contributed by atoms with E-state index in [9.17, 15) is 9.59 Å². The number of nitrogens with one attached hydrogen (secondary N) is 3. The second-order valence-corrected chi connectivity index (χ2v) is 13.6. The highest BCUT2D eigenvalue weighted by molar-refractivity contribution is 6.31. The number of benzene rings is 2. The van der Waals surface area contributed by atoms with Gasteiger partial charge in [0.1, 0.15) is 17.9 Å². The zero-order valence-electron chi connectivity index (χ0n) is 24.8. The van der Waals surface area contributed by atoms with Crippen LogP contribution in [0.5, 0.6) is 0 Å². The van der Waals surface area contributed by atoms with Gasteiger partial charge in [-0.25, -0.2) is 8.78 Å². The van der Waals surface area contributed by atoms with E-state index < -0.39 is 35.1 Å². The van der Waals surface area contributed by atoms with E-state index in [2.05, 4.69) is 20.9 Å². The van der Waals surface area contributed by atoms with Crippen LogP contribution in [0.1, 0.15) is 69.9 Å². The van der Waals surface area contributed by atoms with Crippen LogP contribution in [0.2, 0.25) is 10.0 Å². The molecule has 0 aromatic heterocycles. The van der Waals surface area contributed by atoms with E-state index in [1.807, 2.05) is 20.8 Å². The van der Waals surface area contributed by atoms with Crippen molar-refractivity contribution in [2.75, 3.05) is 38.5 Å². The van der Waals surface area contributed by atoms with Gasteiger partial charge in [-0.05, 0) is 86.5 Å². The van der Waals surface area contributed by atoms with E-state index in [4.69, 9.17) is 23.2 Å². The number of nitrogens with zero attached hydrogens (tertiary/aromatic N) is 1. The minimum Gasteiger partial charge on any atom is -0.388 e. The van der Waals surface area contributed by atoms with Crippen LogP contribution in [0.4, 0.5) is 14.5 Å². The molecule has 0 radical (unpaired) electrons. The first-order valence-corrected chi connectivity index (χ1v) is 15.5. The molecule has 230 valence electrons. The molecule has 3 N–H and O–H groups in total. The van der Waals surface area contributed by atoms with Crippen LogP contribution < -0.4 is 16.0 Å². The van der Waals surface area contributed by atoms with Gasteiger partial charge >= 0.3 is 0 Å². The first kappa shape index (κ1) is 32.6. The summed E-state index contributed by atoms with van der Waals surface area (Å²) in [5.41, 5.74) is -1.00. The summed E-state index contributed by atoms with van der Waals surface area (Å²) in [6.07, 6.45) is 5.39. The van der Waals surface area contributed by atoms with Crippen LogP contribution in [0.25, 0.3) is 0 Å². The number of carbonyl (C=O) groups is 2. The Morgan fingerprint density at radius 2 is 1.86 bits per heavy atom. The average Bonchev–Trinajstić information content (AvgIpc) is 3.57. The lowest BCUT2D eigenvalue weighted by Gasteiger charge is -2.39. The van der Waals surface area contributed by atoms with Gasteiger partial charge in [0.15, 0.2) is 0 Å². The molecule has 0 bridgehead atoms. The van der Waals surface area contributed by atoms with E-state index in [0.29, 0.717) is 24.2 Å². The first-order valence-electron chi connectivity index (χ1n) is 14.8. The van der Waals surface area contributed by atoms with Crippen LogP contribution >= 0.6 is 23.2 Å². The molecule has 42 heavy (non-hydrogen) atoms. The van der Waals surface area contributed by atoms with Crippen molar-refractivity contribution in [2.45, 2.75) is 76.3 Å². The van der Waals surface area contributed by atoms with Crippen molar-refractivity contribution in [1.29, 1.82) is 0 Å². The Bertz CT molecular complexity index is 1280. The fraction of sp³-hybridized carbons (Fsp3) is 0.562. The molecular weight excluding hydrogens is 581 g/mol. The summed E-state index contributed by atoms with van der Waals surface area (Å²) in [6, 6.07) is 5.59. The highest BCUT2D eigenvalue weighted by atomic mass is 35.5. The number of carbonyl (C=O) groups excluding carboxylic acids is 2. The molecular formula is C32H42Cl2F2N4O2. The van der Waals surface area contributed by atoms with Crippen LogP contribution in [0.3, 0.4) is 0 Å². The molecule has 4 atom stereocenters. The standard InChI is InChI=1S/C32H42Cl2F2N4O2/c1-31(2,3)18-26-32(19-41,21-16-24(35)23(34)17-25(21)37-4)27(20-10-9-11-22(33)28(20)36)29(39-26)30(42)38-12-5-6-13-40-14-7-8-15-40/h9-11,16-17,19,26-27,29,37,39H,5-8,12-15,18H2,1-4H3,(H,38,42)/t26-,27+,29-,32-/m1/s1. The molecule has 6 nitrogen and oxygen atoms in total. The van der Waals surface area contributed by atoms with E-state index >= 15 is 8.78 Å². The van der Waals surface area contributed by atoms with Gasteiger partial charge in [0.05, 0.1) is 21.5 Å². The predicted octanol–water partition coefficient (Wildman–Crippen LogP) is 6.30. The molecule has 2 saturated heterocycles. The average molecular weight is 624 g/mol. The van der Waals surface area contributed by atoms with Crippen LogP contribution in [0, 0.1) is 17.0 Å².